The van der Waals surface area contributed by atoms with Crippen LogP contribution in [0, 0.1) is 0 Å². The molecular formula is C20H20N6O2. The lowest BCUT2D eigenvalue weighted by molar-refractivity contribution is 0.0951. The summed E-state index contributed by atoms with van der Waals surface area (Å²) in [6, 6.07) is 13.5. The Morgan fingerprint density at radius 3 is 2.86 bits per heavy atom. The number of aromatic nitrogens is 4. The predicted octanol–water partition coefficient (Wildman–Crippen LogP) is 2.61. The van der Waals surface area contributed by atoms with Crippen molar-refractivity contribution < 1.29 is 9.53 Å². The van der Waals surface area contributed by atoms with Gasteiger partial charge in [-0.3, -0.25) is 9.89 Å². The average molecular weight is 376 g/mol. The Morgan fingerprint density at radius 2 is 2.04 bits per heavy atom. The van der Waals surface area contributed by atoms with E-state index in [9.17, 15) is 4.79 Å². The molecule has 0 radical (unpaired) electrons. The van der Waals surface area contributed by atoms with Crippen LogP contribution in [0.1, 0.15) is 21.6 Å². The second-order valence-electron chi connectivity index (χ2n) is 6.22. The predicted molar refractivity (Wildman–Crippen MR) is 105 cm³/mol. The molecule has 4 rings (SSSR count). The van der Waals surface area contributed by atoms with E-state index in [2.05, 4.69) is 25.8 Å². The minimum atomic E-state index is -0.201. The summed E-state index contributed by atoms with van der Waals surface area (Å²) in [6.45, 7) is 0.941. The van der Waals surface area contributed by atoms with Gasteiger partial charge in [0.15, 0.2) is 0 Å². The molecule has 1 aromatic carbocycles. The molecule has 3 aromatic heterocycles. The Kier molecular flexibility index (Phi) is 4.92. The number of nitrogens with one attached hydrogen (secondary N) is 3. The molecule has 28 heavy (non-hydrogen) atoms. The number of nitrogens with zero attached hydrogens (tertiary/aromatic N) is 3. The SMILES string of the molecule is COc1ccc(CNC(=O)c2cn[nH]c2NCc2cccc3nccn23)cc1. The van der Waals surface area contributed by atoms with Crippen LogP contribution >= 0.6 is 0 Å². The van der Waals surface area contributed by atoms with Gasteiger partial charge in [-0.2, -0.15) is 5.10 Å². The Labute approximate surface area is 161 Å². The maximum Gasteiger partial charge on any atom is 0.256 e. The lowest BCUT2D eigenvalue weighted by Crippen LogP contribution is -2.23. The van der Waals surface area contributed by atoms with Crippen LogP contribution in [0.4, 0.5) is 5.82 Å². The first-order valence-corrected chi connectivity index (χ1v) is 8.84. The molecule has 0 saturated heterocycles. The first-order valence-electron chi connectivity index (χ1n) is 8.84. The van der Waals surface area contributed by atoms with E-state index in [1.807, 2.05) is 53.1 Å². The van der Waals surface area contributed by atoms with Gasteiger partial charge in [0.2, 0.25) is 0 Å². The number of carbonyl (C=O) groups is 1. The minimum Gasteiger partial charge on any atom is -0.497 e. The number of aromatic amines is 1. The summed E-state index contributed by atoms with van der Waals surface area (Å²) in [4.78, 5) is 16.8. The van der Waals surface area contributed by atoms with Gasteiger partial charge in [0.05, 0.1) is 19.9 Å². The molecule has 0 aliphatic carbocycles. The van der Waals surface area contributed by atoms with Crippen molar-refractivity contribution in [1.82, 2.24) is 24.9 Å². The van der Waals surface area contributed by atoms with Gasteiger partial charge in [0.1, 0.15) is 22.8 Å². The molecule has 0 aliphatic heterocycles. The van der Waals surface area contributed by atoms with Crippen molar-refractivity contribution in [1.29, 1.82) is 0 Å². The Morgan fingerprint density at radius 1 is 1.18 bits per heavy atom. The molecule has 3 N–H and O–H groups in total. The molecule has 0 bridgehead atoms. The van der Waals surface area contributed by atoms with Crippen LogP contribution in [-0.2, 0) is 13.1 Å². The van der Waals surface area contributed by atoms with Crippen LogP contribution in [0.25, 0.3) is 5.65 Å². The normalized spacial score (nSPS) is 10.8. The molecular weight excluding hydrogens is 356 g/mol. The van der Waals surface area contributed by atoms with Crippen LogP contribution in [0.2, 0.25) is 0 Å². The molecule has 8 heteroatoms. The van der Waals surface area contributed by atoms with Gasteiger partial charge < -0.3 is 19.8 Å². The first kappa shape index (κ1) is 17.6. The fourth-order valence-electron chi connectivity index (χ4n) is 2.94. The van der Waals surface area contributed by atoms with Crippen molar-refractivity contribution in [3.8, 4) is 5.75 Å². The lowest BCUT2D eigenvalue weighted by Gasteiger charge is -2.10. The molecule has 3 heterocycles. The van der Waals surface area contributed by atoms with Crippen molar-refractivity contribution >= 4 is 17.4 Å². The Bertz CT molecular complexity index is 1080. The number of carbonyl (C=O) groups excluding carboxylic acids is 1. The number of benzene rings is 1. The average Bonchev–Trinajstić information content (AvgIpc) is 3.40. The number of pyridine rings is 1. The number of methoxy groups -OCH3 is 1. The van der Waals surface area contributed by atoms with Gasteiger partial charge in [-0.25, -0.2) is 4.98 Å². The van der Waals surface area contributed by atoms with Gasteiger partial charge in [-0.1, -0.05) is 18.2 Å². The summed E-state index contributed by atoms with van der Waals surface area (Å²) in [7, 11) is 1.62. The van der Waals surface area contributed by atoms with E-state index in [1.165, 1.54) is 6.20 Å². The minimum absolute atomic E-state index is 0.201. The van der Waals surface area contributed by atoms with E-state index < -0.39 is 0 Å². The van der Waals surface area contributed by atoms with Crippen molar-refractivity contribution in [2.75, 3.05) is 12.4 Å². The van der Waals surface area contributed by atoms with E-state index in [0.29, 0.717) is 24.5 Å². The smallest absolute Gasteiger partial charge is 0.256 e. The highest BCUT2D eigenvalue weighted by molar-refractivity contribution is 5.98. The fourth-order valence-corrected chi connectivity index (χ4v) is 2.94. The number of hydrogen-bond acceptors (Lipinski definition) is 5. The largest absolute Gasteiger partial charge is 0.497 e. The third kappa shape index (κ3) is 3.66. The van der Waals surface area contributed by atoms with Gasteiger partial charge in [0, 0.05) is 24.6 Å². The summed E-state index contributed by atoms with van der Waals surface area (Å²) in [6.07, 6.45) is 5.18. The molecule has 0 atom stereocenters. The Balaban J connectivity index is 1.40. The van der Waals surface area contributed by atoms with E-state index in [1.54, 1.807) is 13.3 Å². The number of H-pyrrole nitrogens is 1. The zero-order valence-electron chi connectivity index (χ0n) is 15.3. The van der Waals surface area contributed by atoms with E-state index in [-0.39, 0.29) is 5.91 Å². The number of anilines is 1. The summed E-state index contributed by atoms with van der Waals surface area (Å²) in [5.41, 5.74) is 3.35. The lowest BCUT2D eigenvalue weighted by atomic mass is 10.2. The standard InChI is InChI=1S/C20H20N6O2/c1-28-16-7-5-14(6-8-16)11-23-20(27)17-13-24-25-19(17)22-12-15-3-2-4-18-21-9-10-26(15)18/h2-10,13H,11-12H2,1H3,(H,23,27)(H2,22,24,25). The molecule has 0 aliphatic rings. The van der Waals surface area contributed by atoms with Crippen molar-refractivity contribution in [3.05, 3.63) is 77.9 Å². The molecule has 4 aromatic rings. The molecule has 142 valence electrons. The van der Waals surface area contributed by atoms with Gasteiger partial charge >= 0.3 is 0 Å². The van der Waals surface area contributed by atoms with E-state index in [0.717, 1.165) is 22.7 Å². The van der Waals surface area contributed by atoms with Crippen molar-refractivity contribution in [3.63, 3.8) is 0 Å². The number of amides is 1. The molecule has 0 saturated carbocycles. The highest BCUT2D eigenvalue weighted by Gasteiger charge is 2.14. The molecule has 0 unspecified atom stereocenters. The van der Waals surface area contributed by atoms with Gasteiger partial charge in [0.25, 0.3) is 5.91 Å². The number of ether oxygens (including phenoxy) is 1. The third-order valence-electron chi connectivity index (χ3n) is 4.46. The highest BCUT2D eigenvalue weighted by Crippen LogP contribution is 2.15. The number of rotatable bonds is 7. The summed E-state index contributed by atoms with van der Waals surface area (Å²) >= 11 is 0. The summed E-state index contributed by atoms with van der Waals surface area (Å²) < 4.78 is 7.13. The van der Waals surface area contributed by atoms with E-state index in [4.69, 9.17) is 4.74 Å². The van der Waals surface area contributed by atoms with Crippen LogP contribution in [0.3, 0.4) is 0 Å². The van der Waals surface area contributed by atoms with Crippen molar-refractivity contribution in [2.45, 2.75) is 13.1 Å². The molecule has 8 nitrogen and oxygen atoms in total. The first-order chi connectivity index (χ1) is 13.7. The number of hydrogen-bond donors (Lipinski definition) is 3. The fraction of sp³-hybridized carbons (Fsp3) is 0.150. The van der Waals surface area contributed by atoms with Crippen LogP contribution in [0.5, 0.6) is 5.75 Å². The molecule has 1 amide bonds. The van der Waals surface area contributed by atoms with Crippen LogP contribution in [0.15, 0.2) is 61.1 Å². The van der Waals surface area contributed by atoms with Crippen molar-refractivity contribution in [2.24, 2.45) is 0 Å². The Hall–Kier alpha value is -3.81. The molecule has 0 fully saturated rings. The quantitative estimate of drug-likeness (QED) is 0.461. The van der Waals surface area contributed by atoms with Gasteiger partial charge in [-0.15, -0.1) is 0 Å². The maximum atomic E-state index is 12.6. The zero-order chi connectivity index (χ0) is 19.3. The summed E-state index contributed by atoms with van der Waals surface area (Å²) in [5, 5.41) is 13.0. The summed E-state index contributed by atoms with van der Waals surface area (Å²) in [5.74, 6) is 1.15. The molecule has 0 spiro atoms. The van der Waals surface area contributed by atoms with Gasteiger partial charge in [-0.05, 0) is 29.8 Å². The number of fused-ring (bicyclic) bond motifs is 1. The second-order valence-corrected chi connectivity index (χ2v) is 6.22. The topological polar surface area (TPSA) is 96.3 Å². The third-order valence-corrected chi connectivity index (χ3v) is 4.46. The maximum absolute atomic E-state index is 12.6. The zero-order valence-corrected chi connectivity index (χ0v) is 15.3. The number of imidazole rings is 1. The second kappa shape index (κ2) is 7.83. The van der Waals surface area contributed by atoms with Crippen LogP contribution in [-0.4, -0.2) is 32.6 Å². The van der Waals surface area contributed by atoms with E-state index >= 15 is 0 Å². The van der Waals surface area contributed by atoms with Crippen LogP contribution < -0.4 is 15.4 Å². The highest BCUT2D eigenvalue weighted by atomic mass is 16.5. The monoisotopic (exact) mass is 376 g/mol.